The van der Waals surface area contributed by atoms with Gasteiger partial charge in [-0.15, -0.1) is 0 Å². The highest BCUT2D eigenvalue weighted by molar-refractivity contribution is 5.80. The number of piperidine rings is 1. The van der Waals surface area contributed by atoms with E-state index in [2.05, 4.69) is 5.32 Å². The minimum absolute atomic E-state index is 0.0213. The Hall–Kier alpha value is -3.03. The number of hydrogen-bond acceptors (Lipinski definition) is 3. The maximum Gasteiger partial charge on any atom is 0.416 e. The van der Waals surface area contributed by atoms with Gasteiger partial charge in [0.1, 0.15) is 5.75 Å². The third-order valence-corrected chi connectivity index (χ3v) is 5.07. The van der Waals surface area contributed by atoms with Crippen LogP contribution in [-0.4, -0.2) is 36.4 Å². The number of ether oxygens (including phenoxy) is 1. The van der Waals surface area contributed by atoms with Crippen molar-refractivity contribution in [1.82, 2.24) is 10.2 Å². The largest absolute Gasteiger partial charge is 0.484 e. The molecule has 5 nitrogen and oxygen atoms in total. The number of rotatable bonds is 6. The summed E-state index contributed by atoms with van der Waals surface area (Å²) in [7, 11) is 0. The molecule has 160 valence electrons. The summed E-state index contributed by atoms with van der Waals surface area (Å²) in [5, 5.41) is 2.93. The van der Waals surface area contributed by atoms with Gasteiger partial charge in [0.2, 0.25) is 5.91 Å². The van der Waals surface area contributed by atoms with Crippen molar-refractivity contribution in [3.8, 4) is 5.75 Å². The lowest BCUT2D eigenvalue weighted by Gasteiger charge is -2.31. The minimum Gasteiger partial charge on any atom is -0.484 e. The van der Waals surface area contributed by atoms with Gasteiger partial charge < -0.3 is 15.0 Å². The second-order valence-electron chi connectivity index (χ2n) is 7.17. The molecule has 1 aliphatic heterocycles. The summed E-state index contributed by atoms with van der Waals surface area (Å²) in [6.07, 6.45) is -3.29. The van der Waals surface area contributed by atoms with Gasteiger partial charge in [-0.3, -0.25) is 9.59 Å². The predicted molar refractivity (Wildman–Crippen MR) is 105 cm³/mol. The first-order valence-corrected chi connectivity index (χ1v) is 9.72. The molecule has 0 unspecified atom stereocenters. The number of likely N-dealkylation sites (tertiary alicyclic amines) is 1. The van der Waals surface area contributed by atoms with Crippen LogP contribution in [-0.2, 0) is 22.3 Å². The van der Waals surface area contributed by atoms with Crippen LogP contribution in [0.15, 0.2) is 54.6 Å². The van der Waals surface area contributed by atoms with Gasteiger partial charge in [0.05, 0.1) is 5.56 Å². The maximum atomic E-state index is 12.6. The monoisotopic (exact) mass is 420 g/mol. The molecule has 2 amide bonds. The third-order valence-electron chi connectivity index (χ3n) is 5.07. The van der Waals surface area contributed by atoms with E-state index in [1.807, 2.05) is 30.3 Å². The standard InChI is InChI=1S/C22H23F3N2O3/c23-22(24,25)18-6-8-19(9-7-18)30-15-20(28)27-12-10-17(11-13-27)21(29)26-14-16-4-2-1-3-5-16/h1-9,17H,10-15H2,(H,26,29). The van der Waals surface area contributed by atoms with E-state index < -0.39 is 11.7 Å². The lowest BCUT2D eigenvalue weighted by molar-refractivity contribution is -0.138. The molecule has 3 rings (SSSR count). The zero-order valence-corrected chi connectivity index (χ0v) is 16.3. The Balaban J connectivity index is 1.40. The van der Waals surface area contributed by atoms with Crippen LogP contribution >= 0.6 is 0 Å². The molecule has 1 aliphatic rings. The number of carbonyl (C=O) groups excluding carboxylic acids is 2. The topological polar surface area (TPSA) is 58.6 Å². The average Bonchev–Trinajstić information content (AvgIpc) is 2.76. The van der Waals surface area contributed by atoms with Crippen molar-refractivity contribution in [2.24, 2.45) is 5.92 Å². The van der Waals surface area contributed by atoms with Crippen LogP contribution in [0.5, 0.6) is 5.75 Å². The Morgan fingerprint density at radius 3 is 2.23 bits per heavy atom. The number of carbonyl (C=O) groups is 2. The molecule has 1 fully saturated rings. The Labute approximate surface area is 172 Å². The van der Waals surface area contributed by atoms with E-state index in [0.29, 0.717) is 32.5 Å². The Kier molecular flexibility index (Phi) is 6.97. The SMILES string of the molecule is O=C(NCc1ccccc1)C1CCN(C(=O)COc2ccc(C(F)(F)F)cc2)CC1. The molecule has 2 aromatic carbocycles. The van der Waals surface area contributed by atoms with Crippen LogP contribution in [0.1, 0.15) is 24.0 Å². The molecule has 8 heteroatoms. The van der Waals surface area contributed by atoms with Crippen LogP contribution in [0.4, 0.5) is 13.2 Å². The minimum atomic E-state index is -4.41. The van der Waals surface area contributed by atoms with Crippen molar-refractivity contribution in [1.29, 1.82) is 0 Å². The summed E-state index contributed by atoms with van der Waals surface area (Å²) in [4.78, 5) is 26.3. The second-order valence-corrected chi connectivity index (χ2v) is 7.17. The molecule has 1 saturated heterocycles. The van der Waals surface area contributed by atoms with Crippen molar-refractivity contribution >= 4 is 11.8 Å². The van der Waals surface area contributed by atoms with E-state index in [0.717, 1.165) is 17.7 Å². The first-order chi connectivity index (χ1) is 14.3. The predicted octanol–water partition coefficient (Wildman–Crippen LogP) is 3.64. The van der Waals surface area contributed by atoms with Gasteiger partial charge in [0.25, 0.3) is 5.91 Å². The van der Waals surface area contributed by atoms with E-state index in [1.54, 1.807) is 4.90 Å². The zero-order valence-electron chi connectivity index (χ0n) is 16.3. The average molecular weight is 420 g/mol. The third kappa shape index (κ3) is 5.98. The molecule has 0 bridgehead atoms. The normalized spacial score (nSPS) is 15.0. The van der Waals surface area contributed by atoms with Crippen molar-refractivity contribution in [2.45, 2.75) is 25.6 Å². The van der Waals surface area contributed by atoms with Crippen LogP contribution in [0.2, 0.25) is 0 Å². The van der Waals surface area contributed by atoms with Crippen LogP contribution < -0.4 is 10.1 Å². The van der Waals surface area contributed by atoms with Gasteiger partial charge in [-0.05, 0) is 42.7 Å². The lowest BCUT2D eigenvalue weighted by atomic mass is 9.96. The zero-order chi connectivity index (χ0) is 21.6. The molecule has 30 heavy (non-hydrogen) atoms. The van der Waals surface area contributed by atoms with Crippen LogP contribution in [0, 0.1) is 5.92 Å². The summed E-state index contributed by atoms with van der Waals surface area (Å²) in [6, 6.07) is 13.9. The number of hydrogen-bond donors (Lipinski definition) is 1. The van der Waals surface area contributed by atoms with Gasteiger partial charge in [-0.2, -0.15) is 13.2 Å². The van der Waals surface area contributed by atoms with Crippen molar-refractivity contribution < 1.29 is 27.5 Å². The number of benzene rings is 2. The molecule has 0 saturated carbocycles. The Morgan fingerprint density at radius 2 is 1.63 bits per heavy atom. The van der Waals surface area contributed by atoms with E-state index in [9.17, 15) is 22.8 Å². The van der Waals surface area contributed by atoms with E-state index in [1.165, 1.54) is 12.1 Å². The molecular formula is C22H23F3N2O3. The first kappa shape index (κ1) is 21.7. The highest BCUT2D eigenvalue weighted by Crippen LogP contribution is 2.30. The van der Waals surface area contributed by atoms with Crippen molar-refractivity contribution in [2.75, 3.05) is 19.7 Å². The number of nitrogens with one attached hydrogen (secondary N) is 1. The Bertz CT molecular complexity index is 846. The molecule has 2 aromatic rings. The van der Waals surface area contributed by atoms with Crippen molar-refractivity contribution in [3.05, 3.63) is 65.7 Å². The summed E-state index contributed by atoms with van der Waals surface area (Å²) < 4.78 is 43.0. The highest BCUT2D eigenvalue weighted by Gasteiger charge is 2.30. The fraction of sp³-hybridized carbons (Fsp3) is 0.364. The number of amides is 2. The summed E-state index contributed by atoms with van der Waals surface area (Å²) in [5.74, 6) is -0.217. The molecule has 0 aliphatic carbocycles. The van der Waals surface area contributed by atoms with Gasteiger partial charge in [0.15, 0.2) is 6.61 Å². The maximum absolute atomic E-state index is 12.6. The number of alkyl halides is 3. The number of nitrogens with zero attached hydrogens (tertiary/aromatic N) is 1. The summed E-state index contributed by atoms with van der Waals surface area (Å²) in [6.45, 7) is 1.10. The fourth-order valence-corrected chi connectivity index (χ4v) is 3.30. The fourth-order valence-electron chi connectivity index (χ4n) is 3.30. The van der Waals surface area contributed by atoms with Crippen molar-refractivity contribution in [3.63, 3.8) is 0 Å². The quantitative estimate of drug-likeness (QED) is 0.776. The smallest absolute Gasteiger partial charge is 0.416 e. The number of halogens is 3. The van der Waals surface area contributed by atoms with Gasteiger partial charge in [0, 0.05) is 25.6 Å². The molecular weight excluding hydrogens is 397 g/mol. The van der Waals surface area contributed by atoms with E-state index >= 15 is 0 Å². The first-order valence-electron chi connectivity index (χ1n) is 9.72. The highest BCUT2D eigenvalue weighted by atomic mass is 19.4. The molecule has 0 spiro atoms. The second kappa shape index (κ2) is 9.65. The lowest BCUT2D eigenvalue weighted by Crippen LogP contribution is -2.44. The summed E-state index contributed by atoms with van der Waals surface area (Å²) >= 11 is 0. The molecule has 0 aromatic heterocycles. The summed E-state index contributed by atoms with van der Waals surface area (Å²) in [5.41, 5.74) is 0.257. The molecule has 0 atom stereocenters. The van der Waals surface area contributed by atoms with Gasteiger partial charge in [-0.25, -0.2) is 0 Å². The van der Waals surface area contributed by atoms with Gasteiger partial charge in [-0.1, -0.05) is 30.3 Å². The molecule has 0 radical (unpaired) electrons. The molecule has 1 N–H and O–H groups in total. The van der Waals surface area contributed by atoms with E-state index in [4.69, 9.17) is 4.74 Å². The van der Waals surface area contributed by atoms with Crippen LogP contribution in [0.3, 0.4) is 0 Å². The Morgan fingerprint density at radius 1 is 1.00 bits per heavy atom. The van der Waals surface area contributed by atoms with Gasteiger partial charge >= 0.3 is 6.18 Å². The van der Waals surface area contributed by atoms with Crippen LogP contribution in [0.25, 0.3) is 0 Å². The molecule has 1 heterocycles. The van der Waals surface area contributed by atoms with E-state index in [-0.39, 0.29) is 30.1 Å².